The summed E-state index contributed by atoms with van der Waals surface area (Å²) in [5, 5.41) is 0. The van der Waals surface area contributed by atoms with Gasteiger partial charge >= 0.3 is 11.9 Å². The molecule has 10 heteroatoms. The van der Waals surface area contributed by atoms with Gasteiger partial charge in [-0.3, -0.25) is 19.4 Å². The molecule has 0 amide bonds. The molecule has 224 valence electrons. The average molecular weight is 696 g/mol. The van der Waals surface area contributed by atoms with Crippen LogP contribution in [0.25, 0.3) is 0 Å². The fourth-order valence-corrected chi connectivity index (χ4v) is 6.72. The van der Waals surface area contributed by atoms with E-state index in [4.69, 9.17) is 18.9 Å². The van der Waals surface area contributed by atoms with E-state index in [1.54, 1.807) is 0 Å². The van der Waals surface area contributed by atoms with Gasteiger partial charge in [0, 0.05) is 40.5 Å². The van der Waals surface area contributed by atoms with Crippen molar-refractivity contribution < 1.29 is 28.5 Å². The van der Waals surface area contributed by atoms with Crippen LogP contribution in [0.15, 0.2) is 45.3 Å². The molecule has 0 N–H and O–H groups in total. The van der Waals surface area contributed by atoms with Crippen LogP contribution in [0.1, 0.15) is 51.7 Å². The quantitative estimate of drug-likeness (QED) is 0.128. The Bertz CT molecular complexity index is 1120. The Balaban J connectivity index is 1.27. The minimum Gasteiger partial charge on any atom is -0.490 e. The van der Waals surface area contributed by atoms with E-state index in [9.17, 15) is 9.59 Å². The van der Waals surface area contributed by atoms with E-state index in [1.165, 1.54) is 0 Å². The largest absolute Gasteiger partial charge is 0.490 e. The van der Waals surface area contributed by atoms with Gasteiger partial charge in [0.05, 0.1) is 0 Å². The molecule has 2 atom stereocenters. The number of rotatable bonds is 16. The summed E-state index contributed by atoms with van der Waals surface area (Å²) < 4.78 is 24.4. The summed E-state index contributed by atoms with van der Waals surface area (Å²) in [6, 6.07) is 11.6. The molecule has 2 aromatic carbocycles. The summed E-state index contributed by atoms with van der Waals surface area (Å²) in [6.45, 7) is 13.2. The SMILES string of the molecule is CCC(C(=O)OCCOc1ccc(C(C)(C)c2ccc(OCCOC(=O)C(CC)N3CC3)cc2Br)c(Br)c1)N1CC1. The van der Waals surface area contributed by atoms with Crippen molar-refractivity contribution in [2.45, 2.75) is 58.0 Å². The first kappa shape index (κ1) is 31.8. The number of carbonyl (C=O) groups is 2. The summed E-state index contributed by atoms with van der Waals surface area (Å²) in [6.07, 6.45) is 1.51. The second-order valence-electron chi connectivity index (χ2n) is 10.9. The standard InChI is InChI=1S/C31H40Br2N2O6/c1-5-27(34-11-12-34)29(36)40-17-15-38-21-7-9-23(25(32)19-21)31(3,4)24-10-8-22(20-26(24)33)39-16-18-41-30(37)28(6-2)35-13-14-35/h7-10,19-20,27-28H,5-6,11-18H2,1-4H3. The summed E-state index contributed by atoms with van der Waals surface area (Å²) in [5.74, 6) is 1.05. The van der Waals surface area contributed by atoms with E-state index in [-0.39, 0.29) is 42.7 Å². The number of carbonyl (C=O) groups excluding carboxylic acids is 2. The van der Waals surface area contributed by atoms with Crippen LogP contribution in [0.2, 0.25) is 0 Å². The lowest BCUT2D eigenvalue weighted by molar-refractivity contribution is -0.149. The van der Waals surface area contributed by atoms with Crippen molar-refractivity contribution in [3.63, 3.8) is 0 Å². The van der Waals surface area contributed by atoms with Crippen LogP contribution in [0, 0.1) is 0 Å². The number of hydrogen-bond donors (Lipinski definition) is 0. The van der Waals surface area contributed by atoms with Gasteiger partial charge < -0.3 is 18.9 Å². The van der Waals surface area contributed by atoms with Crippen LogP contribution < -0.4 is 9.47 Å². The van der Waals surface area contributed by atoms with Gasteiger partial charge in [0.2, 0.25) is 0 Å². The van der Waals surface area contributed by atoms with Crippen LogP contribution in [-0.2, 0) is 24.5 Å². The highest BCUT2D eigenvalue weighted by atomic mass is 79.9. The zero-order valence-corrected chi connectivity index (χ0v) is 27.5. The normalized spacial score (nSPS) is 16.5. The Kier molecular flexibility index (Phi) is 11.1. The van der Waals surface area contributed by atoms with Crippen molar-refractivity contribution in [1.29, 1.82) is 0 Å². The second-order valence-corrected chi connectivity index (χ2v) is 12.6. The van der Waals surface area contributed by atoms with Crippen molar-refractivity contribution >= 4 is 43.8 Å². The molecule has 4 rings (SSSR count). The maximum atomic E-state index is 12.2. The third kappa shape index (κ3) is 8.46. The molecular formula is C31H40Br2N2O6. The van der Waals surface area contributed by atoms with Crippen molar-refractivity contribution in [2.24, 2.45) is 0 Å². The summed E-state index contributed by atoms with van der Waals surface area (Å²) in [5.41, 5.74) is 1.86. The third-order valence-corrected chi connectivity index (χ3v) is 8.90. The first-order chi connectivity index (χ1) is 19.6. The van der Waals surface area contributed by atoms with Crippen LogP contribution in [0.5, 0.6) is 11.5 Å². The number of ether oxygens (including phenoxy) is 4. The van der Waals surface area contributed by atoms with Gasteiger partial charge in [-0.2, -0.15) is 0 Å². The molecule has 41 heavy (non-hydrogen) atoms. The smallest absolute Gasteiger partial charge is 0.323 e. The fourth-order valence-electron chi connectivity index (χ4n) is 5.01. The zero-order valence-electron chi connectivity index (χ0n) is 24.3. The fraction of sp³-hybridized carbons (Fsp3) is 0.548. The molecule has 0 saturated carbocycles. The predicted molar refractivity (Wildman–Crippen MR) is 165 cm³/mol. The molecule has 2 fully saturated rings. The molecule has 2 heterocycles. The molecule has 0 radical (unpaired) electrons. The lowest BCUT2D eigenvalue weighted by atomic mass is 9.78. The number of halogens is 2. The van der Waals surface area contributed by atoms with E-state index in [1.807, 2.05) is 50.2 Å². The third-order valence-electron chi connectivity index (χ3n) is 7.58. The lowest BCUT2D eigenvalue weighted by Gasteiger charge is -2.29. The number of hydrogen-bond acceptors (Lipinski definition) is 8. The average Bonchev–Trinajstić information content (AvgIpc) is 3.86. The molecule has 2 aliphatic heterocycles. The Morgan fingerprint density at radius 2 is 1.12 bits per heavy atom. The Morgan fingerprint density at radius 1 is 0.732 bits per heavy atom. The zero-order chi connectivity index (χ0) is 29.6. The maximum Gasteiger partial charge on any atom is 0.323 e. The molecular weight excluding hydrogens is 656 g/mol. The van der Waals surface area contributed by atoms with Gasteiger partial charge in [-0.25, -0.2) is 0 Å². The highest BCUT2D eigenvalue weighted by Crippen LogP contribution is 2.41. The molecule has 2 saturated heterocycles. The molecule has 8 nitrogen and oxygen atoms in total. The molecule has 2 unspecified atom stereocenters. The molecule has 2 aromatic rings. The van der Waals surface area contributed by atoms with E-state index < -0.39 is 0 Å². The lowest BCUT2D eigenvalue weighted by Crippen LogP contribution is -2.31. The first-order valence-corrected chi connectivity index (χ1v) is 15.9. The Labute approximate surface area is 259 Å². The molecule has 2 aliphatic rings. The van der Waals surface area contributed by atoms with Gasteiger partial charge in [-0.05, 0) is 48.2 Å². The van der Waals surface area contributed by atoms with Crippen LogP contribution in [0.4, 0.5) is 0 Å². The monoisotopic (exact) mass is 694 g/mol. The minimum absolute atomic E-state index is 0.140. The number of benzene rings is 2. The topological polar surface area (TPSA) is 77.1 Å². The van der Waals surface area contributed by atoms with E-state index in [0.717, 1.165) is 59.1 Å². The van der Waals surface area contributed by atoms with Crippen LogP contribution in [0.3, 0.4) is 0 Å². The summed E-state index contributed by atoms with van der Waals surface area (Å²) in [4.78, 5) is 28.7. The maximum absolute atomic E-state index is 12.2. The van der Waals surface area contributed by atoms with Gasteiger partial charge in [0.25, 0.3) is 0 Å². The Hall–Kier alpha value is -2.14. The van der Waals surface area contributed by atoms with Gasteiger partial charge in [0.1, 0.15) is 50.0 Å². The van der Waals surface area contributed by atoms with Crippen molar-refractivity contribution in [1.82, 2.24) is 9.80 Å². The minimum atomic E-state index is -0.333. The first-order valence-electron chi connectivity index (χ1n) is 14.3. The number of esters is 2. The van der Waals surface area contributed by atoms with Crippen LogP contribution >= 0.6 is 31.9 Å². The van der Waals surface area contributed by atoms with E-state index in [0.29, 0.717) is 24.7 Å². The van der Waals surface area contributed by atoms with Crippen molar-refractivity contribution in [3.8, 4) is 11.5 Å². The van der Waals surface area contributed by atoms with Gasteiger partial charge in [-0.15, -0.1) is 0 Å². The highest BCUT2D eigenvalue weighted by Gasteiger charge is 2.33. The van der Waals surface area contributed by atoms with E-state index in [2.05, 4.69) is 55.5 Å². The second kappa shape index (κ2) is 14.4. The van der Waals surface area contributed by atoms with Crippen molar-refractivity contribution in [3.05, 3.63) is 56.5 Å². The summed E-state index contributed by atoms with van der Waals surface area (Å²) >= 11 is 7.46. The molecule has 0 bridgehead atoms. The molecule has 0 spiro atoms. The van der Waals surface area contributed by atoms with Gasteiger partial charge in [0.15, 0.2) is 0 Å². The summed E-state index contributed by atoms with van der Waals surface area (Å²) in [7, 11) is 0. The highest BCUT2D eigenvalue weighted by molar-refractivity contribution is 9.10. The molecule has 0 aromatic heterocycles. The van der Waals surface area contributed by atoms with Crippen LogP contribution in [-0.4, -0.2) is 86.4 Å². The Morgan fingerprint density at radius 3 is 1.44 bits per heavy atom. The molecule has 0 aliphatic carbocycles. The van der Waals surface area contributed by atoms with E-state index >= 15 is 0 Å². The predicted octanol–water partition coefficient (Wildman–Crippen LogP) is 5.57. The number of nitrogens with zero attached hydrogens (tertiary/aromatic N) is 2. The van der Waals surface area contributed by atoms with Gasteiger partial charge in [-0.1, -0.05) is 71.7 Å². The van der Waals surface area contributed by atoms with Crippen molar-refractivity contribution in [2.75, 3.05) is 52.6 Å².